The zero-order valence-electron chi connectivity index (χ0n) is 12.6. The lowest BCUT2D eigenvalue weighted by atomic mass is 9.64. The molecule has 0 heterocycles. The van der Waals surface area contributed by atoms with Crippen molar-refractivity contribution in [1.82, 2.24) is 5.32 Å². The number of hydrogen-bond donors (Lipinski definition) is 2. The Morgan fingerprint density at radius 1 is 1.11 bits per heavy atom. The first-order valence-corrected chi connectivity index (χ1v) is 7.85. The molecule has 0 amide bonds. The molecule has 0 radical (unpaired) electrons. The van der Waals surface area contributed by atoms with Gasteiger partial charge < -0.3 is 10.4 Å². The summed E-state index contributed by atoms with van der Waals surface area (Å²) in [4.78, 5) is 0. The Labute approximate surface area is 113 Å². The molecule has 2 saturated carbocycles. The quantitative estimate of drug-likeness (QED) is 0.756. The largest absolute Gasteiger partial charge is 0.392 e. The third-order valence-corrected chi connectivity index (χ3v) is 5.61. The van der Waals surface area contributed by atoms with Gasteiger partial charge in [0.2, 0.25) is 0 Å². The van der Waals surface area contributed by atoms with Gasteiger partial charge in [0.05, 0.1) is 6.10 Å². The molecule has 2 N–H and O–H groups in total. The smallest absolute Gasteiger partial charge is 0.0621 e. The van der Waals surface area contributed by atoms with Crippen LogP contribution in [0.1, 0.15) is 66.2 Å². The maximum atomic E-state index is 9.81. The molecule has 106 valence electrons. The predicted molar refractivity (Wildman–Crippen MR) is 76.5 cm³/mol. The molecule has 2 aliphatic rings. The highest BCUT2D eigenvalue weighted by Gasteiger charge is 2.47. The van der Waals surface area contributed by atoms with Gasteiger partial charge in [-0.2, -0.15) is 0 Å². The standard InChI is InChI=1S/C16H31NO/c1-11(2)12-6-5-7-13(9-8-12)17-14-10-15(18)16(14,3)4/h11-15,17-18H,5-10H2,1-4H3. The van der Waals surface area contributed by atoms with Gasteiger partial charge in [0, 0.05) is 17.5 Å². The van der Waals surface area contributed by atoms with E-state index in [4.69, 9.17) is 0 Å². The first-order valence-electron chi connectivity index (χ1n) is 7.85. The van der Waals surface area contributed by atoms with E-state index in [1.807, 2.05) is 0 Å². The molecule has 4 atom stereocenters. The molecule has 18 heavy (non-hydrogen) atoms. The Hall–Kier alpha value is -0.0800. The van der Waals surface area contributed by atoms with Crippen molar-refractivity contribution in [2.45, 2.75) is 84.4 Å². The lowest BCUT2D eigenvalue weighted by molar-refractivity contribution is -0.0763. The fourth-order valence-corrected chi connectivity index (χ4v) is 3.63. The maximum absolute atomic E-state index is 9.81. The minimum Gasteiger partial charge on any atom is -0.392 e. The Bertz CT molecular complexity index is 274. The summed E-state index contributed by atoms with van der Waals surface area (Å²) in [6, 6.07) is 1.21. The molecule has 2 aliphatic carbocycles. The Morgan fingerprint density at radius 3 is 2.39 bits per heavy atom. The summed E-state index contributed by atoms with van der Waals surface area (Å²) < 4.78 is 0. The zero-order valence-corrected chi connectivity index (χ0v) is 12.6. The predicted octanol–water partition coefficient (Wildman–Crippen LogP) is 3.34. The topological polar surface area (TPSA) is 32.3 Å². The fourth-order valence-electron chi connectivity index (χ4n) is 3.63. The van der Waals surface area contributed by atoms with Crippen molar-refractivity contribution in [2.75, 3.05) is 0 Å². The van der Waals surface area contributed by atoms with Gasteiger partial charge in [-0.3, -0.25) is 0 Å². The van der Waals surface area contributed by atoms with E-state index in [1.54, 1.807) is 0 Å². The van der Waals surface area contributed by atoms with E-state index in [-0.39, 0.29) is 11.5 Å². The summed E-state index contributed by atoms with van der Waals surface area (Å²) in [6.45, 7) is 9.10. The van der Waals surface area contributed by atoms with Gasteiger partial charge >= 0.3 is 0 Å². The molecule has 2 fully saturated rings. The van der Waals surface area contributed by atoms with Gasteiger partial charge in [0.1, 0.15) is 0 Å². The molecule has 0 bridgehead atoms. The number of nitrogens with one attached hydrogen (secondary N) is 1. The number of rotatable bonds is 3. The van der Waals surface area contributed by atoms with Crippen LogP contribution >= 0.6 is 0 Å². The van der Waals surface area contributed by atoms with E-state index in [0.29, 0.717) is 12.1 Å². The van der Waals surface area contributed by atoms with Crippen LogP contribution in [0.25, 0.3) is 0 Å². The lowest BCUT2D eigenvalue weighted by Gasteiger charge is -2.51. The van der Waals surface area contributed by atoms with Gasteiger partial charge in [0.15, 0.2) is 0 Å². The van der Waals surface area contributed by atoms with Gasteiger partial charge in [-0.1, -0.05) is 40.5 Å². The molecule has 0 aromatic heterocycles. The van der Waals surface area contributed by atoms with Gasteiger partial charge in [0.25, 0.3) is 0 Å². The summed E-state index contributed by atoms with van der Waals surface area (Å²) in [7, 11) is 0. The molecule has 4 unspecified atom stereocenters. The van der Waals surface area contributed by atoms with Crippen molar-refractivity contribution < 1.29 is 5.11 Å². The SMILES string of the molecule is CC(C)C1CCCC(NC2CC(O)C2(C)C)CC1. The van der Waals surface area contributed by atoms with Crippen LogP contribution in [0.2, 0.25) is 0 Å². The van der Waals surface area contributed by atoms with Crippen LogP contribution in [0, 0.1) is 17.3 Å². The van der Waals surface area contributed by atoms with E-state index >= 15 is 0 Å². The third-order valence-electron chi connectivity index (χ3n) is 5.61. The van der Waals surface area contributed by atoms with E-state index in [9.17, 15) is 5.11 Å². The van der Waals surface area contributed by atoms with Gasteiger partial charge in [-0.15, -0.1) is 0 Å². The van der Waals surface area contributed by atoms with Gasteiger partial charge in [-0.25, -0.2) is 0 Å². The highest BCUT2D eigenvalue weighted by molar-refractivity contribution is 5.02. The Balaban J connectivity index is 1.81. The maximum Gasteiger partial charge on any atom is 0.0621 e. The van der Waals surface area contributed by atoms with Gasteiger partial charge in [-0.05, 0) is 37.5 Å². The van der Waals surface area contributed by atoms with E-state index in [1.165, 1.54) is 32.1 Å². The zero-order chi connectivity index (χ0) is 13.3. The van der Waals surface area contributed by atoms with Crippen molar-refractivity contribution in [3.05, 3.63) is 0 Å². The summed E-state index contributed by atoms with van der Waals surface area (Å²) in [5.41, 5.74) is 0.0732. The number of aliphatic hydroxyl groups excluding tert-OH is 1. The van der Waals surface area contributed by atoms with Crippen molar-refractivity contribution in [3.8, 4) is 0 Å². The molecule has 0 aromatic carbocycles. The molecule has 2 nitrogen and oxygen atoms in total. The van der Waals surface area contributed by atoms with Crippen molar-refractivity contribution >= 4 is 0 Å². The number of hydrogen-bond acceptors (Lipinski definition) is 2. The second-order valence-electron chi connectivity index (χ2n) is 7.50. The normalized spacial score (nSPS) is 40.3. The average molecular weight is 253 g/mol. The van der Waals surface area contributed by atoms with E-state index in [2.05, 4.69) is 33.0 Å². The fraction of sp³-hybridized carbons (Fsp3) is 1.00. The molecule has 0 saturated heterocycles. The van der Waals surface area contributed by atoms with Crippen molar-refractivity contribution in [2.24, 2.45) is 17.3 Å². The molecule has 0 spiro atoms. The molecule has 0 aromatic rings. The lowest BCUT2D eigenvalue weighted by Crippen LogP contribution is -2.61. The van der Waals surface area contributed by atoms with E-state index in [0.717, 1.165) is 18.3 Å². The second kappa shape index (κ2) is 5.50. The second-order valence-corrected chi connectivity index (χ2v) is 7.50. The average Bonchev–Trinajstić information content (AvgIpc) is 2.54. The van der Waals surface area contributed by atoms with Crippen LogP contribution < -0.4 is 5.32 Å². The molecular formula is C16H31NO. The molecular weight excluding hydrogens is 222 g/mol. The van der Waals surface area contributed by atoms with Crippen LogP contribution in [0.3, 0.4) is 0 Å². The molecule has 2 rings (SSSR count). The highest BCUT2D eigenvalue weighted by Crippen LogP contribution is 2.41. The first-order chi connectivity index (χ1) is 8.41. The third kappa shape index (κ3) is 2.91. The monoisotopic (exact) mass is 253 g/mol. The van der Waals surface area contributed by atoms with E-state index < -0.39 is 0 Å². The minimum absolute atomic E-state index is 0.0732. The summed E-state index contributed by atoms with van der Waals surface area (Å²) in [5, 5.41) is 13.6. The summed E-state index contributed by atoms with van der Waals surface area (Å²) in [5.74, 6) is 1.77. The number of aliphatic hydroxyl groups is 1. The van der Waals surface area contributed by atoms with Crippen molar-refractivity contribution in [1.29, 1.82) is 0 Å². The van der Waals surface area contributed by atoms with Crippen LogP contribution in [-0.4, -0.2) is 23.3 Å². The Morgan fingerprint density at radius 2 is 1.83 bits per heavy atom. The first kappa shape index (κ1) is 14.3. The van der Waals surface area contributed by atoms with Crippen LogP contribution in [0.4, 0.5) is 0 Å². The Kier molecular flexibility index (Phi) is 4.38. The molecule has 0 aliphatic heterocycles. The van der Waals surface area contributed by atoms with Crippen molar-refractivity contribution in [3.63, 3.8) is 0 Å². The van der Waals surface area contributed by atoms with Crippen LogP contribution in [-0.2, 0) is 0 Å². The van der Waals surface area contributed by atoms with Crippen LogP contribution in [0.5, 0.6) is 0 Å². The summed E-state index contributed by atoms with van der Waals surface area (Å²) in [6.07, 6.45) is 7.65. The van der Waals surface area contributed by atoms with Crippen LogP contribution in [0.15, 0.2) is 0 Å². The molecule has 2 heteroatoms. The highest BCUT2D eigenvalue weighted by atomic mass is 16.3. The summed E-state index contributed by atoms with van der Waals surface area (Å²) >= 11 is 0. The minimum atomic E-state index is -0.107.